The summed E-state index contributed by atoms with van der Waals surface area (Å²) in [6, 6.07) is 6.45. The molecule has 84 valence electrons. The van der Waals surface area contributed by atoms with Crippen LogP contribution < -0.4 is 10.5 Å². The molecule has 0 aliphatic rings. The van der Waals surface area contributed by atoms with E-state index in [1.165, 1.54) is 0 Å². The summed E-state index contributed by atoms with van der Waals surface area (Å²) in [4.78, 5) is 0.272. The average molecular weight is 228 g/mol. The molecule has 1 rings (SSSR count). The van der Waals surface area contributed by atoms with Crippen molar-refractivity contribution in [3.05, 3.63) is 29.8 Å². The van der Waals surface area contributed by atoms with Crippen molar-refractivity contribution in [3.63, 3.8) is 0 Å². The van der Waals surface area contributed by atoms with Gasteiger partial charge >= 0.3 is 0 Å². The Kier molecular flexibility index (Phi) is 3.84. The van der Waals surface area contributed by atoms with Gasteiger partial charge in [0.15, 0.2) is 0 Å². The zero-order valence-corrected chi connectivity index (χ0v) is 9.71. The number of benzene rings is 1. The van der Waals surface area contributed by atoms with Gasteiger partial charge in [0.1, 0.15) is 0 Å². The molecule has 15 heavy (non-hydrogen) atoms. The highest BCUT2D eigenvalue weighted by atomic mass is 32.2. The van der Waals surface area contributed by atoms with Crippen molar-refractivity contribution in [3.8, 4) is 0 Å². The number of nitrogens with one attached hydrogen (secondary N) is 1. The second-order valence-corrected chi connectivity index (χ2v) is 5.29. The van der Waals surface area contributed by atoms with Crippen molar-refractivity contribution < 1.29 is 8.42 Å². The number of aryl methyl sites for hydroxylation is 1. The quantitative estimate of drug-likeness (QED) is 0.793. The molecule has 0 radical (unpaired) electrons. The van der Waals surface area contributed by atoms with E-state index >= 15 is 0 Å². The summed E-state index contributed by atoms with van der Waals surface area (Å²) in [6.45, 7) is 3.92. The highest BCUT2D eigenvalue weighted by molar-refractivity contribution is 7.89. The van der Waals surface area contributed by atoms with Gasteiger partial charge in [-0.25, -0.2) is 13.1 Å². The standard InChI is InChI=1S/C10H16N2O2S/c1-8-3-5-10(6-4-8)15(13,14)12-9(2)7-11/h3-6,9,12H,7,11H2,1-2H3/t9-/m1/s1. The van der Waals surface area contributed by atoms with E-state index in [1.54, 1.807) is 31.2 Å². The molecule has 0 aliphatic heterocycles. The molecule has 4 nitrogen and oxygen atoms in total. The van der Waals surface area contributed by atoms with E-state index in [1.807, 2.05) is 6.92 Å². The van der Waals surface area contributed by atoms with E-state index in [0.717, 1.165) is 5.56 Å². The number of hydrogen-bond acceptors (Lipinski definition) is 3. The zero-order valence-electron chi connectivity index (χ0n) is 8.90. The lowest BCUT2D eigenvalue weighted by Crippen LogP contribution is -2.37. The minimum Gasteiger partial charge on any atom is -0.329 e. The van der Waals surface area contributed by atoms with Gasteiger partial charge in [0.05, 0.1) is 4.90 Å². The summed E-state index contributed by atoms with van der Waals surface area (Å²) in [5.41, 5.74) is 6.38. The molecule has 5 heteroatoms. The minimum absolute atomic E-state index is 0.253. The van der Waals surface area contributed by atoms with E-state index in [4.69, 9.17) is 5.73 Å². The molecule has 1 atom stereocenters. The lowest BCUT2D eigenvalue weighted by atomic mass is 10.2. The number of nitrogens with two attached hydrogens (primary N) is 1. The fourth-order valence-corrected chi connectivity index (χ4v) is 2.35. The summed E-state index contributed by atoms with van der Waals surface area (Å²) in [6.07, 6.45) is 0. The van der Waals surface area contributed by atoms with E-state index in [0.29, 0.717) is 0 Å². The number of sulfonamides is 1. The molecule has 0 aliphatic carbocycles. The average Bonchev–Trinajstić information content (AvgIpc) is 2.17. The van der Waals surface area contributed by atoms with Gasteiger partial charge in [-0.3, -0.25) is 0 Å². The molecule has 1 aromatic carbocycles. The molecule has 0 bridgehead atoms. The van der Waals surface area contributed by atoms with E-state index < -0.39 is 10.0 Å². The summed E-state index contributed by atoms with van der Waals surface area (Å²) in [5.74, 6) is 0. The van der Waals surface area contributed by atoms with Crippen LogP contribution >= 0.6 is 0 Å². The third kappa shape index (κ3) is 3.30. The second-order valence-electron chi connectivity index (χ2n) is 3.57. The van der Waals surface area contributed by atoms with Crippen molar-refractivity contribution in [2.75, 3.05) is 6.54 Å². The third-order valence-electron chi connectivity index (χ3n) is 2.04. The SMILES string of the molecule is Cc1ccc(S(=O)(=O)N[C@H](C)CN)cc1. The van der Waals surface area contributed by atoms with E-state index in [9.17, 15) is 8.42 Å². The Morgan fingerprint density at radius 1 is 1.33 bits per heavy atom. The van der Waals surface area contributed by atoms with Crippen molar-refractivity contribution >= 4 is 10.0 Å². The summed E-state index contributed by atoms with van der Waals surface area (Å²) >= 11 is 0. The maximum atomic E-state index is 11.7. The normalized spacial score (nSPS) is 13.8. The number of rotatable bonds is 4. The molecule has 1 aromatic rings. The van der Waals surface area contributed by atoms with Crippen LogP contribution in [0.15, 0.2) is 29.2 Å². The molecule has 0 spiro atoms. The first kappa shape index (κ1) is 12.2. The summed E-state index contributed by atoms with van der Waals surface area (Å²) < 4.78 is 26.0. The predicted molar refractivity (Wildman–Crippen MR) is 60.0 cm³/mol. The molecule has 0 unspecified atom stereocenters. The van der Waals surface area contributed by atoms with Crippen LogP contribution in [0.4, 0.5) is 0 Å². The van der Waals surface area contributed by atoms with Gasteiger partial charge in [0, 0.05) is 12.6 Å². The first-order valence-corrected chi connectivity index (χ1v) is 6.23. The van der Waals surface area contributed by atoms with Crippen molar-refractivity contribution in [1.82, 2.24) is 4.72 Å². The van der Waals surface area contributed by atoms with E-state index in [-0.39, 0.29) is 17.5 Å². The van der Waals surface area contributed by atoms with Crippen molar-refractivity contribution in [1.29, 1.82) is 0 Å². The predicted octanol–water partition coefficient (Wildman–Crippen LogP) is 0.621. The molecule has 0 amide bonds. The Hall–Kier alpha value is -0.910. The first-order chi connectivity index (χ1) is 6.95. The smallest absolute Gasteiger partial charge is 0.240 e. The second kappa shape index (κ2) is 4.74. The topological polar surface area (TPSA) is 72.2 Å². The van der Waals surface area contributed by atoms with Gasteiger partial charge in [0.25, 0.3) is 0 Å². The van der Waals surface area contributed by atoms with Crippen LogP contribution in [-0.2, 0) is 10.0 Å². The van der Waals surface area contributed by atoms with Gasteiger partial charge < -0.3 is 5.73 Å². The molecule has 0 heterocycles. The number of hydrogen-bond donors (Lipinski definition) is 2. The maximum absolute atomic E-state index is 11.7. The Balaban J connectivity index is 2.91. The molecular formula is C10H16N2O2S. The fourth-order valence-electron chi connectivity index (χ4n) is 1.10. The van der Waals surface area contributed by atoms with E-state index in [2.05, 4.69) is 4.72 Å². The highest BCUT2D eigenvalue weighted by Gasteiger charge is 2.15. The Morgan fingerprint density at radius 2 is 1.87 bits per heavy atom. The lowest BCUT2D eigenvalue weighted by molar-refractivity contribution is 0.562. The van der Waals surface area contributed by atoms with Crippen LogP contribution in [0.2, 0.25) is 0 Å². The Morgan fingerprint density at radius 3 is 2.33 bits per heavy atom. The largest absolute Gasteiger partial charge is 0.329 e. The van der Waals surface area contributed by atoms with Crippen LogP contribution in [0.5, 0.6) is 0 Å². The zero-order chi connectivity index (χ0) is 11.5. The molecule has 0 saturated heterocycles. The van der Waals surface area contributed by atoms with Crippen LogP contribution in [0.1, 0.15) is 12.5 Å². The minimum atomic E-state index is -3.42. The first-order valence-electron chi connectivity index (χ1n) is 4.75. The molecule has 3 N–H and O–H groups in total. The Labute approximate surface area is 90.5 Å². The summed E-state index contributed by atoms with van der Waals surface area (Å²) in [7, 11) is -3.42. The monoisotopic (exact) mass is 228 g/mol. The molecule has 0 aromatic heterocycles. The van der Waals surface area contributed by atoms with Gasteiger partial charge in [-0.1, -0.05) is 17.7 Å². The van der Waals surface area contributed by atoms with Crippen LogP contribution in [-0.4, -0.2) is 21.0 Å². The molecule has 0 fully saturated rings. The van der Waals surface area contributed by atoms with Crippen molar-refractivity contribution in [2.24, 2.45) is 5.73 Å². The van der Waals surface area contributed by atoms with Crippen molar-refractivity contribution in [2.45, 2.75) is 24.8 Å². The molecule has 0 saturated carbocycles. The van der Waals surface area contributed by atoms with Crippen LogP contribution in [0.3, 0.4) is 0 Å². The summed E-state index contributed by atoms with van der Waals surface area (Å²) in [5, 5.41) is 0. The lowest BCUT2D eigenvalue weighted by Gasteiger charge is -2.11. The fraction of sp³-hybridized carbons (Fsp3) is 0.400. The molecular weight excluding hydrogens is 212 g/mol. The Bertz CT molecular complexity index is 412. The van der Waals surface area contributed by atoms with Gasteiger partial charge in [-0.05, 0) is 26.0 Å². The van der Waals surface area contributed by atoms with Gasteiger partial charge in [-0.2, -0.15) is 0 Å². The van der Waals surface area contributed by atoms with Gasteiger partial charge in [-0.15, -0.1) is 0 Å². The van der Waals surface area contributed by atoms with Gasteiger partial charge in [0.2, 0.25) is 10.0 Å². The van der Waals surface area contributed by atoms with Crippen LogP contribution in [0, 0.1) is 6.92 Å². The van der Waals surface area contributed by atoms with Crippen LogP contribution in [0.25, 0.3) is 0 Å². The highest BCUT2D eigenvalue weighted by Crippen LogP contribution is 2.10. The maximum Gasteiger partial charge on any atom is 0.240 e. The third-order valence-corrected chi connectivity index (χ3v) is 3.65.